The number of hydrogen-bond donors (Lipinski definition) is 0. The van der Waals surface area contributed by atoms with Gasteiger partial charge in [-0.2, -0.15) is 0 Å². The third kappa shape index (κ3) is 2.84. The largest absolute Gasteiger partial charge is 0.303 e. The first kappa shape index (κ1) is 10.7. The van der Waals surface area contributed by atoms with Crippen molar-refractivity contribution >= 4 is 22.2 Å². The Kier molecular flexibility index (Phi) is 3.46. The van der Waals surface area contributed by atoms with Crippen LogP contribution >= 0.6 is 15.9 Å². The molecule has 0 radical (unpaired) electrons. The van der Waals surface area contributed by atoms with Gasteiger partial charge >= 0.3 is 0 Å². The second kappa shape index (κ2) is 4.84. The Balaban J connectivity index is 2.06. The van der Waals surface area contributed by atoms with E-state index in [0.717, 1.165) is 35.1 Å². The van der Waals surface area contributed by atoms with Gasteiger partial charge in [0.1, 0.15) is 12.1 Å². The van der Waals surface area contributed by atoms with Crippen LogP contribution in [-0.4, -0.2) is 16.3 Å². The van der Waals surface area contributed by atoms with Gasteiger partial charge in [-0.3, -0.25) is 0 Å². The molecule has 2 rings (SSSR count). The highest BCUT2D eigenvalue weighted by molar-refractivity contribution is 9.10. The molecule has 1 aliphatic rings. The van der Waals surface area contributed by atoms with Crippen molar-refractivity contribution in [3.8, 4) is 0 Å². The number of rotatable bonds is 5. The van der Waals surface area contributed by atoms with Crippen LogP contribution in [0.5, 0.6) is 0 Å². The predicted octanol–water partition coefficient (Wildman–Crippen LogP) is 2.64. The summed E-state index contributed by atoms with van der Waals surface area (Å²) in [7, 11) is 0. The van der Waals surface area contributed by atoms with Crippen LogP contribution in [0.1, 0.15) is 43.1 Å². The van der Waals surface area contributed by atoms with Crippen molar-refractivity contribution in [2.24, 2.45) is 0 Å². The van der Waals surface area contributed by atoms with Crippen LogP contribution in [-0.2, 0) is 11.2 Å². The second-order valence-corrected chi connectivity index (χ2v) is 4.71. The van der Waals surface area contributed by atoms with Gasteiger partial charge in [0.15, 0.2) is 0 Å². The van der Waals surface area contributed by atoms with Crippen LogP contribution in [0.15, 0.2) is 10.7 Å². The maximum absolute atomic E-state index is 10.2. The van der Waals surface area contributed by atoms with Crippen LogP contribution in [0.2, 0.25) is 0 Å². The molecule has 0 saturated heterocycles. The summed E-state index contributed by atoms with van der Waals surface area (Å²) in [6, 6.07) is 0. The fourth-order valence-corrected chi connectivity index (χ4v) is 1.87. The molecule has 1 saturated carbocycles. The summed E-state index contributed by atoms with van der Waals surface area (Å²) < 4.78 is 0.956. The van der Waals surface area contributed by atoms with E-state index in [4.69, 9.17) is 0 Å². The van der Waals surface area contributed by atoms with Crippen LogP contribution < -0.4 is 0 Å². The molecule has 4 heteroatoms. The van der Waals surface area contributed by atoms with E-state index in [1.54, 1.807) is 0 Å². The molecular formula is C11H13BrN2O. The molecule has 1 aliphatic carbocycles. The molecule has 3 nitrogen and oxygen atoms in total. The zero-order chi connectivity index (χ0) is 10.7. The van der Waals surface area contributed by atoms with Crippen molar-refractivity contribution in [2.75, 3.05) is 0 Å². The van der Waals surface area contributed by atoms with E-state index >= 15 is 0 Å². The lowest BCUT2D eigenvalue weighted by atomic mass is 10.2. The number of nitrogens with zero attached hydrogens (tertiary/aromatic N) is 2. The summed E-state index contributed by atoms with van der Waals surface area (Å²) in [6.07, 6.45) is 7.54. The molecule has 1 heterocycles. The van der Waals surface area contributed by atoms with E-state index in [2.05, 4.69) is 25.9 Å². The minimum Gasteiger partial charge on any atom is -0.303 e. The van der Waals surface area contributed by atoms with Gasteiger partial charge in [-0.25, -0.2) is 9.97 Å². The third-order valence-electron chi connectivity index (χ3n) is 2.51. The van der Waals surface area contributed by atoms with Gasteiger partial charge < -0.3 is 4.79 Å². The van der Waals surface area contributed by atoms with E-state index < -0.39 is 0 Å². The molecule has 0 unspecified atom stereocenters. The first-order valence-corrected chi connectivity index (χ1v) is 6.05. The zero-order valence-corrected chi connectivity index (χ0v) is 10.0. The Morgan fingerprint density at radius 3 is 3.00 bits per heavy atom. The molecule has 0 aliphatic heterocycles. The SMILES string of the molecule is O=CCCCc1nc(C2CC2)ncc1Br. The molecule has 0 atom stereocenters. The molecule has 0 amide bonds. The Hall–Kier alpha value is -0.770. The highest BCUT2D eigenvalue weighted by atomic mass is 79.9. The molecule has 15 heavy (non-hydrogen) atoms. The molecule has 1 fully saturated rings. The quantitative estimate of drug-likeness (QED) is 0.609. The Morgan fingerprint density at radius 1 is 1.53 bits per heavy atom. The molecule has 0 spiro atoms. The minimum atomic E-state index is 0.586. The summed E-state index contributed by atoms with van der Waals surface area (Å²) in [5.74, 6) is 1.56. The molecule has 80 valence electrons. The Morgan fingerprint density at radius 2 is 2.33 bits per heavy atom. The average Bonchev–Trinajstić information content (AvgIpc) is 3.05. The summed E-state index contributed by atoms with van der Waals surface area (Å²) >= 11 is 3.44. The number of aryl methyl sites for hydroxylation is 1. The maximum Gasteiger partial charge on any atom is 0.131 e. The van der Waals surface area contributed by atoms with Gasteiger partial charge in [0.2, 0.25) is 0 Å². The lowest BCUT2D eigenvalue weighted by Crippen LogP contribution is -1.99. The van der Waals surface area contributed by atoms with E-state index in [-0.39, 0.29) is 0 Å². The number of aldehydes is 1. The normalized spacial score (nSPS) is 15.3. The average molecular weight is 269 g/mol. The first-order valence-electron chi connectivity index (χ1n) is 5.26. The Labute approximate surface area is 97.4 Å². The van der Waals surface area contributed by atoms with Crippen molar-refractivity contribution in [2.45, 2.75) is 38.0 Å². The summed E-state index contributed by atoms with van der Waals surface area (Å²) in [5.41, 5.74) is 1.04. The van der Waals surface area contributed by atoms with E-state index in [0.29, 0.717) is 12.3 Å². The van der Waals surface area contributed by atoms with E-state index in [9.17, 15) is 4.79 Å². The molecular weight excluding hydrogens is 256 g/mol. The third-order valence-corrected chi connectivity index (χ3v) is 3.18. The summed E-state index contributed by atoms with van der Waals surface area (Å²) in [4.78, 5) is 19.1. The van der Waals surface area contributed by atoms with Gasteiger partial charge in [-0.05, 0) is 41.6 Å². The monoisotopic (exact) mass is 268 g/mol. The number of unbranched alkanes of at least 4 members (excludes halogenated alkanes) is 1. The molecule has 0 N–H and O–H groups in total. The van der Waals surface area contributed by atoms with Gasteiger partial charge in [-0.15, -0.1) is 0 Å². The fourth-order valence-electron chi connectivity index (χ4n) is 1.48. The van der Waals surface area contributed by atoms with E-state index in [1.165, 1.54) is 12.8 Å². The van der Waals surface area contributed by atoms with Crippen LogP contribution in [0.3, 0.4) is 0 Å². The topological polar surface area (TPSA) is 42.9 Å². The lowest BCUT2D eigenvalue weighted by molar-refractivity contribution is -0.107. The zero-order valence-electron chi connectivity index (χ0n) is 8.45. The number of carbonyl (C=O) groups is 1. The highest BCUT2D eigenvalue weighted by Gasteiger charge is 2.26. The fraction of sp³-hybridized carbons (Fsp3) is 0.545. The van der Waals surface area contributed by atoms with Gasteiger partial charge in [0, 0.05) is 18.5 Å². The van der Waals surface area contributed by atoms with Gasteiger partial charge in [-0.1, -0.05) is 0 Å². The standard InChI is InChI=1S/C11H13BrN2O/c12-9-7-13-11(8-4-5-8)14-10(9)3-1-2-6-15/h6-8H,1-5H2. The maximum atomic E-state index is 10.2. The molecule has 1 aromatic heterocycles. The van der Waals surface area contributed by atoms with Crippen LogP contribution in [0.4, 0.5) is 0 Å². The van der Waals surface area contributed by atoms with Crippen molar-refractivity contribution < 1.29 is 4.79 Å². The van der Waals surface area contributed by atoms with Crippen LogP contribution in [0.25, 0.3) is 0 Å². The Bertz CT molecular complexity index is 364. The molecule has 0 bridgehead atoms. The van der Waals surface area contributed by atoms with Crippen LogP contribution in [0, 0.1) is 0 Å². The van der Waals surface area contributed by atoms with Crippen molar-refractivity contribution in [3.05, 3.63) is 22.2 Å². The number of carbonyl (C=O) groups excluding carboxylic acids is 1. The number of aromatic nitrogens is 2. The van der Waals surface area contributed by atoms with Crippen molar-refractivity contribution in [3.63, 3.8) is 0 Å². The number of halogens is 1. The lowest BCUT2D eigenvalue weighted by Gasteiger charge is -2.04. The van der Waals surface area contributed by atoms with E-state index in [1.807, 2.05) is 6.20 Å². The van der Waals surface area contributed by atoms with Crippen molar-refractivity contribution in [1.82, 2.24) is 9.97 Å². The molecule has 1 aromatic rings. The first-order chi connectivity index (χ1) is 7.31. The number of hydrogen-bond acceptors (Lipinski definition) is 3. The summed E-state index contributed by atoms with van der Waals surface area (Å²) in [5, 5.41) is 0. The second-order valence-electron chi connectivity index (χ2n) is 3.86. The summed E-state index contributed by atoms with van der Waals surface area (Å²) in [6.45, 7) is 0. The van der Waals surface area contributed by atoms with Crippen molar-refractivity contribution in [1.29, 1.82) is 0 Å². The minimum absolute atomic E-state index is 0.586. The predicted molar refractivity (Wildman–Crippen MR) is 60.7 cm³/mol. The smallest absolute Gasteiger partial charge is 0.131 e. The van der Waals surface area contributed by atoms with Gasteiger partial charge in [0.05, 0.1) is 10.2 Å². The highest BCUT2D eigenvalue weighted by Crippen LogP contribution is 2.38. The molecule has 0 aromatic carbocycles. The van der Waals surface area contributed by atoms with Gasteiger partial charge in [0.25, 0.3) is 0 Å².